The van der Waals surface area contributed by atoms with Crippen molar-refractivity contribution in [2.45, 2.75) is 32.4 Å². The summed E-state index contributed by atoms with van der Waals surface area (Å²) < 4.78 is 0. The first-order valence-corrected chi connectivity index (χ1v) is 5.16. The third kappa shape index (κ3) is 1.77. The molecule has 1 saturated heterocycles. The van der Waals surface area contributed by atoms with Crippen molar-refractivity contribution in [3.63, 3.8) is 0 Å². The molecule has 0 aromatic carbocycles. The Morgan fingerprint density at radius 3 is 2.57 bits per heavy atom. The summed E-state index contributed by atoms with van der Waals surface area (Å²) in [4.78, 5) is 16.0. The van der Waals surface area contributed by atoms with E-state index in [9.17, 15) is 4.79 Å². The molecule has 0 aromatic rings. The fourth-order valence-corrected chi connectivity index (χ4v) is 2.34. The molecule has 1 aliphatic rings. The van der Waals surface area contributed by atoms with Crippen LogP contribution in [0.1, 0.15) is 20.8 Å². The number of amides is 1. The molecule has 1 fully saturated rings. The van der Waals surface area contributed by atoms with Gasteiger partial charge in [0.1, 0.15) is 6.04 Å². The number of nitrogens with two attached hydrogens (primary N) is 1. The number of hydrogen-bond acceptors (Lipinski definition) is 3. The summed E-state index contributed by atoms with van der Waals surface area (Å²) in [5.41, 5.74) is 5.52. The Morgan fingerprint density at radius 2 is 2.14 bits per heavy atom. The van der Waals surface area contributed by atoms with Gasteiger partial charge in [0.05, 0.1) is 0 Å². The van der Waals surface area contributed by atoms with Crippen LogP contribution in [0.5, 0.6) is 0 Å². The second kappa shape index (κ2) is 3.87. The van der Waals surface area contributed by atoms with Gasteiger partial charge in [-0.25, -0.2) is 0 Å². The Bertz CT molecular complexity index is 227. The third-order valence-electron chi connectivity index (χ3n) is 2.99. The lowest BCUT2D eigenvalue weighted by Crippen LogP contribution is -2.66. The van der Waals surface area contributed by atoms with Crippen LogP contribution in [-0.2, 0) is 4.79 Å². The zero-order chi connectivity index (χ0) is 10.9. The van der Waals surface area contributed by atoms with Gasteiger partial charge in [-0.2, -0.15) is 0 Å². The first-order chi connectivity index (χ1) is 6.44. The zero-order valence-corrected chi connectivity index (χ0v) is 9.58. The van der Waals surface area contributed by atoms with E-state index in [1.807, 2.05) is 18.9 Å². The fraction of sp³-hybridized carbons (Fsp3) is 0.900. The van der Waals surface area contributed by atoms with Gasteiger partial charge < -0.3 is 10.6 Å². The first-order valence-electron chi connectivity index (χ1n) is 5.16. The lowest BCUT2D eigenvalue weighted by molar-refractivity contribution is -0.149. The zero-order valence-electron chi connectivity index (χ0n) is 9.58. The van der Waals surface area contributed by atoms with Crippen LogP contribution in [0.2, 0.25) is 0 Å². The number of rotatable bonds is 2. The van der Waals surface area contributed by atoms with Crippen LogP contribution < -0.4 is 5.73 Å². The lowest BCUT2D eigenvalue weighted by atomic mass is 9.95. The second-order valence-corrected chi connectivity index (χ2v) is 4.56. The van der Waals surface area contributed by atoms with Crippen molar-refractivity contribution in [2.75, 3.05) is 26.7 Å². The molecule has 0 aliphatic carbocycles. The molecular formula is C10H21N3O. The highest BCUT2D eigenvalue weighted by Gasteiger charge is 2.41. The van der Waals surface area contributed by atoms with Crippen LogP contribution in [0.15, 0.2) is 0 Å². The molecule has 4 nitrogen and oxygen atoms in total. The third-order valence-corrected chi connectivity index (χ3v) is 2.99. The van der Waals surface area contributed by atoms with Gasteiger partial charge in [-0.3, -0.25) is 9.69 Å². The van der Waals surface area contributed by atoms with E-state index in [1.54, 1.807) is 0 Å². The Kier molecular flexibility index (Phi) is 3.17. The highest BCUT2D eigenvalue weighted by molar-refractivity contribution is 5.83. The van der Waals surface area contributed by atoms with Crippen molar-refractivity contribution in [1.29, 1.82) is 0 Å². The van der Waals surface area contributed by atoms with Crippen LogP contribution in [-0.4, -0.2) is 54.0 Å². The van der Waals surface area contributed by atoms with Crippen molar-refractivity contribution in [3.05, 3.63) is 0 Å². The van der Waals surface area contributed by atoms with Crippen molar-refractivity contribution < 1.29 is 4.79 Å². The van der Waals surface area contributed by atoms with E-state index in [1.165, 1.54) is 0 Å². The molecule has 0 radical (unpaired) electrons. The van der Waals surface area contributed by atoms with Crippen LogP contribution in [0.3, 0.4) is 0 Å². The molecule has 4 heteroatoms. The number of carbonyl (C=O) groups excluding carboxylic acids is 1. The minimum Gasteiger partial charge on any atom is -0.335 e. The molecular weight excluding hydrogens is 178 g/mol. The van der Waals surface area contributed by atoms with Crippen LogP contribution >= 0.6 is 0 Å². The number of likely N-dealkylation sites (N-methyl/N-ethyl adjacent to an activating group) is 2. The minimum absolute atomic E-state index is 0.0771. The Morgan fingerprint density at radius 1 is 1.57 bits per heavy atom. The Balaban J connectivity index is 2.90. The molecule has 1 atom stereocenters. The molecule has 2 N–H and O–H groups in total. The Hall–Kier alpha value is -0.610. The average molecular weight is 199 g/mol. The van der Waals surface area contributed by atoms with E-state index in [2.05, 4.69) is 18.7 Å². The van der Waals surface area contributed by atoms with Gasteiger partial charge in [-0.15, -0.1) is 0 Å². The fourth-order valence-electron chi connectivity index (χ4n) is 2.34. The molecule has 0 spiro atoms. The molecule has 1 amide bonds. The maximum atomic E-state index is 12.0. The SMILES string of the molecule is CCN1C(=O)C(CN)N(C)CC1(C)C. The maximum absolute atomic E-state index is 12.0. The average Bonchev–Trinajstić information content (AvgIpc) is 2.02. The van der Waals surface area contributed by atoms with Crippen molar-refractivity contribution >= 4 is 5.91 Å². The standard InChI is InChI=1S/C10H21N3O/c1-5-13-9(14)8(6-11)12(4)7-10(13,2)3/h8H,5-7,11H2,1-4H3. The van der Waals surface area contributed by atoms with E-state index in [0.717, 1.165) is 13.1 Å². The number of nitrogens with zero attached hydrogens (tertiary/aromatic N) is 2. The lowest BCUT2D eigenvalue weighted by Gasteiger charge is -2.49. The summed E-state index contributed by atoms with van der Waals surface area (Å²) in [6.07, 6.45) is 0. The molecule has 0 aromatic heterocycles. The summed E-state index contributed by atoms with van der Waals surface area (Å²) in [7, 11) is 1.96. The summed E-state index contributed by atoms with van der Waals surface area (Å²) in [5, 5.41) is 0. The molecule has 14 heavy (non-hydrogen) atoms. The summed E-state index contributed by atoms with van der Waals surface area (Å²) in [5.74, 6) is 0.161. The predicted octanol–water partition coefficient (Wildman–Crippen LogP) is -0.114. The van der Waals surface area contributed by atoms with Crippen LogP contribution in [0.4, 0.5) is 0 Å². The minimum atomic E-state index is -0.136. The second-order valence-electron chi connectivity index (χ2n) is 4.56. The molecule has 82 valence electrons. The van der Waals surface area contributed by atoms with Gasteiger partial charge >= 0.3 is 0 Å². The highest BCUT2D eigenvalue weighted by Crippen LogP contribution is 2.23. The van der Waals surface area contributed by atoms with Gasteiger partial charge in [0, 0.05) is 25.2 Å². The first kappa shape index (κ1) is 11.5. The van der Waals surface area contributed by atoms with Crippen molar-refractivity contribution in [2.24, 2.45) is 5.73 Å². The van der Waals surface area contributed by atoms with E-state index in [0.29, 0.717) is 6.54 Å². The van der Waals surface area contributed by atoms with Gasteiger partial charge in [-0.05, 0) is 27.8 Å². The van der Waals surface area contributed by atoms with E-state index < -0.39 is 0 Å². The van der Waals surface area contributed by atoms with Crippen molar-refractivity contribution in [3.8, 4) is 0 Å². The number of hydrogen-bond donors (Lipinski definition) is 1. The van der Waals surface area contributed by atoms with Gasteiger partial charge in [0.15, 0.2) is 0 Å². The Labute approximate surface area is 86.0 Å². The van der Waals surface area contributed by atoms with Gasteiger partial charge in [-0.1, -0.05) is 0 Å². The summed E-state index contributed by atoms with van der Waals surface area (Å²) >= 11 is 0. The molecule has 0 saturated carbocycles. The topological polar surface area (TPSA) is 49.6 Å². The van der Waals surface area contributed by atoms with E-state index >= 15 is 0 Å². The molecule has 1 aliphatic heterocycles. The largest absolute Gasteiger partial charge is 0.335 e. The van der Waals surface area contributed by atoms with Gasteiger partial charge in [0.2, 0.25) is 5.91 Å². The molecule has 1 unspecified atom stereocenters. The predicted molar refractivity (Wildman–Crippen MR) is 56.9 cm³/mol. The molecule has 1 rings (SSSR count). The van der Waals surface area contributed by atoms with Crippen molar-refractivity contribution in [1.82, 2.24) is 9.80 Å². The van der Waals surface area contributed by atoms with E-state index in [4.69, 9.17) is 5.73 Å². The summed E-state index contributed by atoms with van der Waals surface area (Å²) in [6.45, 7) is 8.25. The smallest absolute Gasteiger partial charge is 0.241 e. The quantitative estimate of drug-likeness (QED) is 0.675. The molecule has 1 heterocycles. The normalized spacial score (nSPS) is 28.2. The molecule has 0 bridgehead atoms. The highest BCUT2D eigenvalue weighted by atomic mass is 16.2. The van der Waals surface area contributed by atoms with Crippen LogP contribution in [0, 0.1) is 0 Å². The van der Waals surface area contributed by atoms with E-state index in [-0.39, 0.29) is 17.5 Å². The van der Waals surface area contributed by atoms with Gasteiger partial charge in [0.25, 0.3) is 0 Å². The summed E-state index contributed by atoms with van der Waals surface area (Å²) in [6, 6.07) is -0.136. The maximum Gasteiger partial charge on any atom is 0.241 e. The monoisotopic (exact) mass is 199 g/mol. The number of piperazine rings is 1. The van der Waals surface area contributed by atoms with Crippen LogP contribution in [0.25, 0.3) is 0 Å². The number of carbonyl (C=O) groups is 1.